The molecule has 0 spiro atoms. The van der Waals surface area contributed by atoms with Crippen molar-refractivity contribution in [2.45, 2.75) is 18.7 Å². The number of nitrogen functional groups attached to an aromatic ring is 1. The Morgan fingerprint density at radius 1 is 1.19 bits per heavy atom. The van der Waals surface area contributed by atoms with Crippen LogP contribution < -0.4 is 10.5 Å². The average molecular weight is 347 g/mol. The van der Waals surface area contributed by atoms with Gasteiger partial charge >= 0.3 is 0 Å². The van der Waals surface area contributed by atoms with Crippen molar-refractivity contribution in [2.24, 2.45) is 0 Å². The second-order valence-corrected chi connectivity index (χ2v) is 6.78. The normalized spacial score (nSPS) is 11.4. The molecule has 2 aromatic rings. The first-order chi connectivity index (χ1) is 9.72. The fourth-order valence-corrected chi connectivity index (χ4v) is 3.44. The molecule has 0 aliphatic carbocycles. The van der Waals surface area contributed by atoms with Crippen LogP contribution >= 0.6 is 23.2 Å². The van der Waals surface area contributed by atoms with Crippen molar-refractivity contribution in [1.82, 2.24) is 9.97 Å². The van der Waals surface area contributed by atoms with Gasteiger partial charge < -0.3 is 5.73 Å². The standard InChI is InChI=1S/C12H12Cl2N4O2S/c1-6-3-8(15)4-9(7(6)2)21(19,20)18-12-10(13)11(14)16-5-17-12/h3-5H,15H2,1-2H3,(H,16,17,18). The lowest BCUT2D eigenvalue weighted by atomic mass is 10.1. The van der Waals surface area contributed by atoms with Crippen molar-refractivity contribution in [3.05, 3.63) is 39.8 Å². The fourth-order valence-electron chi connectivity index (χ4n) is 1.73. The summed E-state index contributed by atoms with van der Waals surface area (Å²) in [5, 5.41) is -0.106. The lowest BCUT2D eigenvalue weighted by molar-refractivity contribution is 0.600. The Hall–Kier alpha value is -1.57. The summed E-state index contributed by atoms with van der Waals surface area (Å²) in [4.78, 5) is 7.49. The summed E-state index contributed by atoms with van der Waals surface area (Å²) in [7, 11) is -3.89. The van der Waals surface area contributed by atoms with E-state index in [9.17, 15) is 8.42 Å². The molecule has 0 aliphatic rings. The first-order valence-electron chi connectivity index (χ1n) is 5.78. The zero-order valence-corrected chi connectivity index (χ0v) is 13.5. The molecular formula is C12H12Cl2N4O2S. The van der Waals surface area contributed by atoms with Gasteiger partial charge in [-0.3, -0.25) is 4.72 Å². The average Bonchev–Trinajstić information content (AvgIpc) is 2.39. The van der Waals surface area contributed by atoms with Crippen LogP contribution in [0.5, 0.6) is 0 Å². The van der Waals surface area contributed by atoms with Gasteiger partial charge in [0.15, 0.2) is 11.0 Å². The summed E-state index contributed by atoms with van der Waals surface area (Å²) in [6.07, 6.45) is 1.11. The second kappa shape index (κ2) is 5.67. The highest BCUT2D eigenvalue weighted by molar-refractivity contribution is 7.92. The lowest BCUT2D eigenvalue weighted by Crippen LogP contribution is -2.16. The van der Waals surface area contributed by atoms with Crippen LogP contribution in [0.4, 0.5) is 11.5 Å². The molecule has 0 amide bonds. The Morgan fingerprint density at radius 3 is 2.52 bits per heavy atom. The SMILES string of the molecule is Cc1cc(N)cc(S(=O)(=O)Nc2ncnc(Cl)c2Cl)c1C. The van der Waals surface area contributed by atoms with Gasteiger partial charge in [-0.15, -0.1) is 0 Å². The maximum Gasteiger partial charge on any atom is 0.263 e. The van der Waals surface area contributed by atoms with Gasteiger partial charge in [0.25, 0.3) is 10.0 Å². The molecular weight excluding hydrogens is 335 g/mol. The lowest BCUT2D eigenvalue weighted by Gasteiger charge is -2.13. The van der Waals surface area contributed by atoms with E-state index in [0.717, 1.165) is 11.9 Å². The van der Waals surface area contributed by atoms with Crippen LogP contribution in [0.1, 0.15) is 11.1 Å². The predicted molar refractivity (Wildman–Crippen MR) is 83.2 cm³/mol. The number of aryl methyl sites for hydroxylation is 1. The highest BCUT2D eigenvalue weighted by Gasteiger charge is 2.21. The van der Waals surface area contributed by atoms with Crippen LogP contribution in [-0.4, -0.2) is 18.4 Å². The smallest absolute Gasteiger partial charge is 0.263 e. The number of nitrogens with two attached hydrogens (primary N) is 1. The molecule has 6 nitrogen and oxygen atoms in total. The van der Waals surface area contributed by atoms with Gasteiger partial charge in [-0.25, -0.2) is 18.4 Å². The van der Waals surface area contributed by atoms with Crippen molar-refractivity contribution >= 4 is 44.7 Å². The Morgan fingerprint density at radius 2 is 1.86 bits per heavy atom. The van der Waals surface area contributed by atoms with Gasteiger partial charge in [0.05, 0.1) is 4.90 Å². The summed E-state index contributed by atoms with van der Waals surface area (Å²) in [5.74, 6) is -0.0869. The van der Waals surface area contributed by atoms with Crippen molar-refractivity contribution in [2.75, 3.05) is 10.5 Å². The van der Waals surface area contributed by atoms with E-state index in [4.69, 9.17) is 28.9 Å². The van der Waals surface area contributed by atoms with E-state index in [-0.39, 0.29) is 20.9 Å². The van der Waals surface area contributed by atoms with Gasteiger partial charge in [0.1, 0.15) is 11.3 Å². The highest BCUT2D eigenvalue weighted by Crippen LogP contribution is 2.29. The fraction of sp³-hybridized carbons (Fsp3) is 0.167. The van der Waals surface area contributed by atoms with Crippen LogP contribution in [0.3, 0.4) is 0 Å². The molecule has 1 heterocycles. The summed E-state index contributed by atoms with van der Waals surface area (Å²) in [6, 6.07) is 3.07. The van der Waals surface area contributed by atoms with Crippen molar-refractivity contribution in [1.29, 1.82) is 0 Å². The van der Waals surface area contributed by atoms with Gasteiger partial charge in [-0.2, -0.15) is 0 Å². The topological polar surface area (TPSA) is 98.0 Å². The Labute approximate surface area is 132 Å². The van der Waals surface area contributed by atoms with Gasteiger partial charge in [0.2, 0.25) is 0 Å². The first kappa shape index (κ1) is 15.8. The maximum atomic E-state index is 12.5. The number of hydrogen-bond acceptors (Lipinski definition) is 5. The minimum absolute atomic E-state index is 0.0372. The van der Waals surface area contributed by atoms with Gasteiger partial charge in [-0.1, -0.05) is 23.2 Å². The molecule has 0 unspecified atom stereocenters. The molecule has 0 radical (unpaired) electrons. The van der Waals surface area contributed by atoms with E-state index in [0.29, 0.717) is 11.3 Å². The Balaban J connectivity index is 2.51. The van der Waals surface area contributed by atoms with Crippen molar-refractivity contribution in [3.8, 4) is 0 Å². The van der Waals surface area contributed by atoms with E-state index in [2.05, 4.69) is 14.7 Å². The molecule has 0 bridgehead atoms. The van der Waals surface area contributed by atoms with Crippen LogP contribution in [0, 0.1) is 13.8 Å². The molecule has 1 aromatic heterocycles. The molecule has 9 heteroatoms. The first-order valence-corrected chi connectivity index (χ1v) is 8.02. The van der Waals surface area contributed by atoms with Crippen molar-refractivity contribution < 1.29 is 8.42 Å². The van der Waals surface area contributed by atoms with E-state index < -0.39 is 10.0 Å². The quantitative estimate of drug-likeness (QED) is 0.657. The third kappa shape index (κ3) is 3.20. The van der Waals surface area contributed by atoms with Gasteiger partial charge in [0, 0.05) is 5.69 Å². The zero-order chi connectivity index (χ0) is 15.8. The molecule has 0 saturated carbocycles. The van der Waals surface area contributed by atoms with E-state index in [1.165, 1.54) is 6.07 Å². The second-order valence-electron chi connectivity index (χ2n) is 4.39. The highest BCUT2D eigenvalue weighted by atomic mass is 35.5. The van der Waals surface area contributed by atoms with Crippen LogP contribution in [0.25, 0.3) is 0 Å². The van der Waals surface area contributed by atoms with Crippen LogP contribution in [-0.2, 0) is 10.0 Å². The monoisotopic (exact) mass is 346 g/mol. The Bertz CT molecular complexity index is 809. The van der Waals surface area contributed by atoms with Gasteiger partial charge in [-0.05, 0) is 37.1 Å². The molecule has 112 valence electrons. The predicted octanol–water partition coefficient (Wildman–Crippen LogP) is 2.78. The summed E-state index contributed by atoms with van der Waals surface area (Å²) in [5.41, 5.74) is 7.42. The number of hydrogen-bond donors (Lipinski definition) is 2. The molecule has 1 aromatic carbocycles. The third-order valence-corrected chi connectivity index (χ3v) is 5.12. The zero-order valence-electron chi connectivity index (χ0n) is 11.2. The molecule has 0 aliphatic heterocycles. The molecule has 3 N–H and O–H groups in total. The number of aromatic nitrogens is 2. The summed E-state index contributed by atoms with van der Waals surface area (Å²) < 4.78 is 27.2. The molecule has 0 atom stereocenters. The summed E-state index contributed by atoms with van der Waals surface area (Å²) >= 11 is 11.6. The van der Waals surface area contributed by atoms with Crippen LogP contribution in [0.2, 0.25) is 10.2 Å². The third-order valence-electron chi connectivity index (χ3n) is 2.91. The minimum Gasteiger partial charge on any atom is -0.399 e. The van der Waals surface area contributed by atoms with Crippen molar-refractivity contribution in [3.63, 3.8) is 0 Å². The number of anilines is 2. The van der Waals surface area contributed by atoms with E-state index >= 15 is 0 Å². The minimum atomic E-state index is -3.89. The number of sulfonamides is 1. The molecule has 21 heavy (non-hydrogen) atoms. The maximum absolute atomic E-state index is 12.5. The number of nitrogens with one attached hydrogen (secondary N) is 1. The van der Waals surface area contributed by atoms with E-state index in [1.807, 2.05) is 0 Å². The van der Waals surface area contributed by atoms with E-state index in [1.54, 1.807) is 19.9 Å². The number of halogens is 2. The number of nitrogens with zero attached hydrogens (tertiary/aromatic N) is 2. The number of rotatable bonds is 3. The molecule has 2 rings (SSSR count). The largest absolute Gasteiger partial charge is 0.399 e. The summed E-state index contributed by atoms with van der Waals surface area (Å²) in [6.45, 7) is 3.47. The molecule has 0 fully saturated rings. The van der Waals surface area contributed by atoms with Crippen LogP contribution in [0.15, 0.2) is 23.4 Å². The Kier molecular flexibility index (Phi) is 4.27. The molecule has 0 saturated heterocycles. The number of benzene rings is 1.